The van der Waals surface area contributed by atoms with Crippen LogP contribution in [0.15, 0.2) is 0 Å². The molecule has 0 aliphatic heterocycles. The van der Waals surface area contributed by atoms with Gasteiger partial charge in [-0.25, -0.2) is 0 Å². The summed E-state index contributed by atoms with van der Waals surface area (Å²) in [5.74, 6) is 0.168. The fourth-order valence-corrected chi connectivity index (χ4v) is 3.80. The lowest BCUT2D eigenvalue weighted by Gasteiger charge is -2.22. The van der Waals surface area contributed by atoms with Gasteiger partial charge in [0.05, 0.1) is 0 Å². The molecule has 0 aliphatic rings. The van der Waals surface area contributed by atoms with Crippen LogP contribution in [0.3, 0.4) is 0 Å². The first-order valence-corrected chi connectivity index (χ1v) is 12.5. The third-order valence-electron chi connectivity index (χ3n) is 5.68. The van der Waals surface area contributed by atoms with Gasteiger partial charge in [-0.2, -0.15) is 0 Å². The Morgan fingerprint density at radius 1 is 0.571 bits per heavy atom. The SMILES string of the molecule is CCCCCCCCCCCN(CCCCCCCCCCC)C(=O)COC. The van der Waals surface area contributed by atoms with Gasteiger partial charge in [0.25, 0.3) is 0 Å². The van der Waals surface area contributed by atoms with Crippen molar-refractivity contribution in [1.82, 2.24) is 4.90 Å². The molecule has 0 N–H and O–H groups in total. The van der Waals surface area contributed by atoms with Crippen LogP contribution in [0.5, 0.6) is 0 Å². The van der Waals surface area contributed by atoms with Crippen molar-refractivity contribution in [2.45, 2.75) is 129 Å². The number of nitrogens with zero attached hydrogens (tertiary/aromatic N) is 1. The summed E-state index contributed by atoms with van der Waals surface area (Å²) < 4.78 is 5.08. The monoisotopic (exact) mass is 397 g/mol. The molecule has 1 amide bonds. The van der Waals surface area contributed by atoms with E-state index in [1.807, 2.05) is 4.90 Å². The van der Waals surface area contributed by atoms with Crippen LogP contribution in [0.25, 0.3) is 0 Å². The van der Waals surface area contributed by atoms with E-state index in [0.29, 0.717) is 0 Å². The maximum atomic E-state index is 12.3. The summed E-state index contributed by atoms with van der Waals surface area (Å²) in [6.07, 6.45) is 23.9. The Bertz CT molecular complexity index is 298. The van der Waals surface area contributed by atoms with Gasteiger partial charge in [0.2, 0.25) is 5.91 Å². The van der Waals surface area contributed by atoms with Crippen molar-refractivity contribution in [1.29, 1.82) is 0 Å². The van der Waals surface area contributed by atoms with Crippen LogP contribution in [-0.2, 0) is 9.53 Å². The molecule has 0 bridgehead atoms. The molecule has 0 unspecified atom stereocenters. The van der Waals surface area contributed by atoms with Crippen LogP contribution < -0.4 is 0 Å². The van der Waals surface area contributed by atoms with Crippen molar-refractivity contribution in [3.05, 3.63) is 0 Å². The summed E-state index contributed by atoms with van der Waals surface area (Å²) in [6, 6.07) is 0. The second-order valence-corrected chi connectivity index (χ2v) is 8.47. The van der Waals surface area contributed by atoms with E-state index in [4.69, 9.17) is 4.74 Å². The number of methoxy groups -OCH3 is 1. The summed E-state index contributed by atoms with van der Waals surface area (Å²) in [6.45, 7) is 6.59. The molecule has 0 aromatic carbocycles. The highest BCUT2D eigenvalue weighted by atomic mass is 16.5. The lowest BCUT2D eigenvalue weighted by atomic mass is 10.1. The van der Waals surface area contributed by atoms with E-state index in [0.717, 1.165) is 25.9 Å². The molecular formula is C25H51NO2. The Morgan fingerprint density at radius 2 is 0.893 bits per heavy atom. The molecule has 0 saturated carbocycles. The number of hydrogen-bond donors (Lipinski definition) is 0. The molecule has 0 fully saturated rings. The number of carbonyl (C=O) groups is 1. The van der Waals surface area contributed by atoms with Crippen molar-refractivity contribution in [3.8, 4) is 0 Å². The van der Waals surface area contributed by atoms with Crippen LogP contribution >= 0.6 is 0 Å². The Labute approximate surface area is 177 Å². The molecule has 0 spiro atoms. The van der Waals surface area contributed by atoms with Crippen LogP contribution in [0.1, 0.15) is 129 Å². The minimum absolute atomic E-state index is 0.168. The molecule has 0 radical (unpaired) electrons. The first kappa shape index (κ1) is 27.4. The molecular weight excluding hydrogens is 346 g/mol. The number of carbonyl (C=O) groups excluding carboxylic acids is 1. The fraction of sp³-hybridized carbons (Fsp3) is 0.960. The first-order valence-electron chi connectivity index (χ1n) is 12.5. The minimum Gasteiger partial charge on any atom is -0.375 e. The standard InChI is InChI=1S/C25H51NO2/c1-4-6-8-10-12-14-16-18-20-22-26(25(27)24-28-3)23-21-19-17-15-13-11-9-7-5-2/h4-24H2,1-3H3. The van der Waals surface area contributed by atoms with E-state index in [-0.39, 0.29) is 12.5 Å². The second-order valence-electron chi connectivity index (χ2n) is 8.47. The van der Waals surface area contributed by atoms with Gasteiger partial charge < -0.3 is 9.64 Å². The Kier molecular flexibility index (Phi) is 22.3. The maximum Gasteiger partial charge on any atom is 0.248 e. The molecule has 3 heteroatoms. The van der Waals surface area contributed by atoms with Crippen molar-refractivity contribution >= 4 is 5.91 Å². The average Bonchev–Trinajstić information content (AvgIpc) is 2.69. The predicted octanol–water partition coefficient (Wildman–Crippen LogP) is 7.52. The van der Waals surface area contributed by atoms with Gasteiger partial charge in [0, 0.05) is 20.2 Å². The molecule has 0 aromatic heterocycles. The number of amides is 1. The van der Waals surface area contributed by atoms with Gasteiger partial charge in [0.15, 0.2) is 0 Å². The number of ether oxygens (including phenoxy) is 1. The van der Waals surface area contributed by atoms with Gasteiger partial charge in [-0.05, 0) is 12.8 Å². The zero-order valence-corrected chi connectivity index (χ0v) is 19.6. The van der Waals surface area contributed by atoms with E-state index in [1.54, 1.807) is 7.11 Å². The zero-order chi connectivity index (χ0) is 20.7. The van der Waals surface area contributed by atoms with Crippen molar-refractivity contribution in [2.75, 3.05) is 26.8 Å². The third kappa shape index (κ3) is 18.8. The van der Waals surface area contributed by atoms with E-state index in [9.17, 15) is 4.79 Å². The van der Waals surface area contributed by atoms with E-state index in [2.05, 4.69) is 13.8 Å². The number of rotatable bonds is 22. The molecule has 0 aliphatic carbocycles. The Morgan fingerprint density at radius 3 is 1.21 bits per heavy atom. The van der Waals surface area contributed by atoms with E-state index < -0.39 is 0 Å². The zero-order valence-electron chi connectivity index (χ0n) is 19.6. The average molecular weight is 398 g/mol. The van der Waals surface area contributed by atoms with Crippen LogP contribution in [-0.4, -0.2) is 37.6 Å². The third-order valence-corrected chi connectivity index (χ3v) is 5.68. The molecule has 0 rings (SSSR count). The van der Waals surface area contributed by atoms with E-state index >= 15 is 0 Å². The lowest BCUT2D eigenvalue weighted by Crippen LogP contribution is -2.35. The summed E-state index contributed by atoms with van der Waals surface area (Å²) in [5, 5.41) is 0. The highest BCUT2D eigenvalue weighted by Crippen LogP contribution is 2.12. The van der Waals surface area contributed by atoms with Gasteiger partial charge in [-0.3, -0.25) is 4.79 Å². The molecule has 3 nitrogen and oxygen atoms in total. The maximum absolute atomic E-state index is 12.3. The molecule has 0 saturated heterocycles. The minimum atomic E-state index is 0.168. The van der Waals surface area contributed by atoms with Crippen LogP contribution in [0.4, 0.5) is 0 Å². The topological polar surface area (TPSA) is 29.5 Å². The molecule has 0 heterocycles. The highest BCUT2D eigenvalue weighted by Gasteiger charge is 2.12. The molecule has 0 aromatic rings. The molecule has 0 atom stereocenters. The highest BCUT2D eigenvalue weighted by molar-refractivity contribution is 5.77. The second kappa shape index (κ2) is 22.7. The first-order chi connectivity index (χ1) is 13.8. The summed E-state index contributed by atoms with van der Waals surface area (Å²) in [7, 11) is 1.62. The van der Waals surface area contributed by atoms with Gasteiger partial charge in [0.1, 0.15) is 6.61 Å². The van der Waals surface area contributed by atoms with Crippen molar-refractivity contribution in [3.63, 3.8) is 0 Å². The molecule has 168 valence electrons. The van der Waals surface area contributed by atoms with Gasteiger partial charge >= 0.3 is 0 Å². The predicted molar refractivity (Wildman–Crippen MR) is 123 cm³/mol. The van der Waals surface area contributed by atoms with E-state index in [1.165, 1.54) is 103 Å². The van der Waals surface area contributed by atoms with Gasteiger partial charge in [-0.1, -0.05) is 117 Å². The smallest absolute Gasteiger partial charge is 0.248 e. The quantitative estimate of drug-likeness (QED) is 0.177. The van der Waals surface area contributed by atoms with Crippen LogP contribution in [0.2, 0.25) is 0 Å². The van der Waals surface area contributed by atoms with Crippen LogP contribution in [0, 0.1) is 0 Å². The normalized spacial score (nSPS) is 11.1. The Balaban J connectivity index is 3.73. The lowest BCUT2D eigenvalue weighted by molar-refractivity contribution is -0.135. The Hall–Kier alpha value is -0.570. The summed E-state index contributed by atoms with van der Waals surface area (Å²) in [5.41, 5.74) is 0. The summed E-state index contributed by atoms with van der Waals surface area (Å²) >= 11 is 0. The number of hydrogen-bond acceptors (Lipinski definition) is 2. The fourth-order valence-electron chi connectivity index (χ4n) is 3.80. The summed E-state index contributed by atoms with van der Waals surface area (Å²) in [4.78, 5) is 14.3. The largest absolute Gasteiger partial charge is 0.375 e. The van der Waals surface area contributed by atoms with Gasteiger partial charge in [-0.15, -0.1) is 0 Å². The van der Waals surface area contributed by atoms with Crippen molar-refractivity contribution < 1.29 is 9.53 Å². The van der Waals surface area contributed by atoms with Crippen molar-refractivity contribution in [2.24, 2.45) is 0 Å². The molecule has 28 heavy (non-hydrogen) atoms. The number of unbranched alkanes of at least 4 members (excludes halogenated alkanes) is 16.